The first-order valence-corrected chi connectivity index (χ1v) is 9.06. The van der Waals surface area contributed by atoms with E-state index in [1.165, 1.54) is 24.3 Å². The van der Waals surface area contributed by atoms with Crippen LogP contribution in [0.2, 0.25) is 0 Å². The van der Waals surface area contributed by atoms with Crippen molar-refractivity contribution in [3.8, 4) is 5.69 Å². The highest BCUT2D eigenvalue weighted by Gasteiger charge is 2.38. The Bertz CT molecular complexity index is 1290. The molecule has 4 nitrogen and oxygen atoms in total. The van der Waals surface area contributed by atoms with E-state index >= 15 is 0 Å². The number of benzene rings is 3. The van der Waals surface area contributed by atoms with Crippen LogP contribution in [0, 0.1) is 18.6 Å². The quantitative estimate of drug-likeness (QED) is 0.412. The average molecular weight is 431 g/mol. The van der Waals surface area contributed by atoms with Crippen molar-refractivity contribution in [2.24, 2.45) is 0 Å². The van der Waals surface area contributed by atoms with Gasteiger partial charge in [0.05, 0.1) is 16.6 Å². The Morgan fingerprint density at radius 2 is 1.68 bits per heavy atom. The van der Waals surface area contributed by atoms with Crippen LogP contribution in [0.15, 0.2) is 60.7 Å². The first-order valence-electron chi connectivity index (χ1n) is 9.06. The molecule has 0 unspecified atom stereocenters. The van der Waals surface area contributed by atoms with Crippen molar-refractivity contribution in [3.63, 3.8) is 0 Å². The van der Waals surface area contributed by atoms with Crippen molar-refractivity contribution in [2.75, 3.05) is 5.32 Å². The maximum absolute atomic E-state index is 13.8. The predicted molar refractivity (Wildman–Crippen MR) is 105 cm³/mol. The lowest BCUT2D eigenvalue weighted by molar-refractivity contribution is -0.145. The second kappa shape index (κ2) is 7.50. The van der Waals surface area contributed by atoms with Gasteiger partial charge in [0.15, 0.2) is 0 Å². The number of rotatable bonds is 3. The van der Waals surface area contributed by atoms with Gasteiger partial charge in [-0.25, -0.2) is 13.8 Å². The fraction of sp³-hybridized carbons (Fsp3) is 0.0909. The van der Waals surface area contributed by atoms with E-state index in [-0.39, 0.29) is 28.0 Å². The first kappa shape index (κ1) is 20.5. The summed E-state index contributed by atoms with van der Waals surface area (Å²) in [6.07, 6.45) is -4.68. The molecule has 0 atom stereocenters. The molecule has 0 aliphatic rings. The van der Waals surface area contributed by atoms with Gasteiger partial charge in [0.2, 0.25) is 5.82 Å². The summed E-state index contributed by atoms with van der Waals surface area (Å²) in [4.78, 5) is 16.0. The molecule has 9 heteroatoms. The van der Waals surface area contributed by atoms with Crippen LogP contribution < -0.4 is 5.32 Å². The molecule has 1 N–H and O–H groups in total. The van der Waals surface area contributed by atoms with E-state index in [1.54, 1.807) is 25.1 Å². The van der Waals surface area contributed by atoms with Crippen LogP contribution in [0.1, 0.15) is 21.7 Å². The number of carbonyl (C=O) groups is 1. The lowest BCUT2D eigenvalue weighted by Crippen LogP contribution is -2.15. The standard InChI is InChI=1S/C22H14F5N3O/c1-12-2-9-19-18(10-12)29-21(22(25,26)27)30(19)15-6-4-14(5-7-15)28-20(31)16-8-3-13(23)11-17(16)24/h2-11H,1H3,(H,28,31). The van der Waals surface area contributed by atoms with Gasteiger partial charge in [0, 0.05) is 17.4 Å². The third kappa shape index (κ3) is 3.98. The van der Waals surface area contributed by atoms with E-state index in [2.05, 4.69) is 10.3 Å². The zero-order valence-electron chi connectivity index (χ0n) is 16.0. The molecule has 31 heavy (non-hydrogen) atoms. The Balaban J connectivity index is 1.68. The Morgan fingerprint density at radius 3 is 2.32 bits per heavy atom. The largest absolute Gasteiger partial charge is 0.450 e. The molecule has 0 aliphatic heterocycles. The summed E-state index contributed by atoms with van der Waals surface area (Å²) in [5.74, 6) is -3.73. The molecular weight excluding hydrogens is 417 g/mol. The lowest BCUT2D eigenvalue weighted by Gasteiger charge is -2.12. The molecule has 0 saturated heterocycles. The molecule has 1 aromatic heterocycles. The third-order valence-electron chi connectivity index (χ3n) is 4.62. The van der Waals surface area contributed by atoms with Gasteiger partial charge in [-0.3, -0.25) is 9.36 Å². The number of imidazole rings is 1. The number of nitrogens with one attached hydrogen (secondary N) is 1. The van der Waals surface area contributed by atoms with Gasteiger partial charge in [0.25, 0.3) is 5.91 Å². The number of halogens is 5. The number of aryl methyl sites for hydroxylation is 1. The summed E-state index contributed by atoms with van der Waals surface area (Å²) in [7, 11) is 0. The molecule has 4 rings (SSSR count). The SMILES string of the molecule is Cc1ccc2c(c1)nc(C(F)(F)F)n2-c1ccc(NC(=O)c2ccc(F)cc2F)cc1. The lowest BCUT2D eigenvalue weighted by atomic mass is 10.2. The zero-order chi connectivity index (χ0) is 22.3. The van der Waals surface area contributed by atoms with E-state index in [4.69, 9.17) is 0 Å². The Labute approximate surface area is 172 Å². The van der Waals surface area contributed by atoms with Gasteiger partial charge in [-0.15, -0.1) is 0 Å². The molecule has 0 radical (unpaired) electrons. The monoisotopic (exact) mass is 431 g/mol. The Hall–Kier alpha value is -3.75. The van der Waals surface area contributed by atoms with Gasteiger partial charge in [-0.1, -0.05) is 6.07 Å². The molecule has 158 valence electrons. The zero-order valence-corrected chi connectivity index (χ0v) is 16.0. The van der Waals surface area contributed by atoms with Gasteiger partial charge < -0.3 is 5.32 Å². The van der Waals surface area contributed by atoms with Crippen molar-refractivity contribution in [2.45, 2.75) is 13.1 Å². The third-order valence-corrected chi connectivity index (χ3v) is 4.62. The highest BCUT2D eigenvalue weighted by molar-refractivity contribution is 6.04. The molecule has 0 aliphatic carbocycles. The number of aromatic nitrogens is 2. The maximum atomic E-state index is 13.8. The van der Waals surface area contributed by atoms with E-state index in [9.17, 15) is 26.7 Å². The molecule has 1 amide bonds. The number of carbonyl (C=O) groups excluding carboxylic acids is 1. The van der Waals surface area contributed by atoms with Crippen molar-refractivity contribution in [3.05, 3.63) is 89.2 Å². The second-order valence-electron chi connectivity index (χ2n) is 6.89. The summed E-state index contributed by atoms with van der Waals surface area (Å²) in [6.45, 7) is 1.76. The van der Waals surface area contributed by atoms with Crippen molar-refractivity contribution in [1.82, 2.24) is 9.55 Å². The first-order chi connectivity index (χ1) is 14.6. The fourth-order valence-corrected chi connectivity index (χ4v) is 3.21. The Morgan fingerprint density at radius 1 is 0.968 bits per heavy atom. The van der Waals surface area contributed by atoms with Crippen molar-refractivity contribution < 1.29 is 26.7 Å². The minimum atomic E-state index is -4.68. The number of anilines is 1. The number of amides is 1. The normalized spacial score (nSPS) is 11.7. The highest BCUT2D eigenvalue weighted by atomic mass is 19.4. The molecule has 3 aromatic carbocycles. The molecule has 1 heterocycles. The van der Waals surface area contributed by atoms with Gasteiger partial charge in [-0.2, -0.15) is 13.2 Å². The van der Waals surface area contributed by atoms with Crippen LogP contribution >= 0.6 is 0 Å². The number of hydrogen-bond acceptors (Lipinski definition) is 2. The molecular formula is C22H14F5N3O. The van der Waals surface area contributed by atoms with Crippen molar-refractivity contribution in [1.29, 1.82) is 0 Å². The minimum Gasteiger partial charge on any atom is -0.322 e. The predicted octanol–water partition coefficient (Wildman–Crippen LogP) is 5.88. The number of alkyl halides is 3. The van der Waals surface area contributed by atoms with E-state index in [0.29, 0.717) is 6.07 Å². The second-order valence-corrected chi connectivity index (χ2v) is 6.89. The fourth-order valence-electron chi connectivity index (χ4n) is 3.21. The van der Waals surface area contributed by atoms with E-state index in [0.717, 1.165) is 22.3 Å². The van der Waals surface area contributed by atoms with Gasteiger partial charge in [-0.05, 0) is 61.0 Å². The summed E-state index contributed by atoms with van der Waals surface area (Å²) < 4.78 is 68.5. The molecule has 4 aromatic rings. The Kier molecular flexibility index (Phi) is 4.96. The number of nitrogens with zero attached hydrogens (tertiary/aromatic N) is 2. The van der Waals surface area contributed by atoms with Crippen LogP contribution in [0.25, 0.3) is 16.7 Å². The maximum Gasteiger partial charge on any atom is 0.450 e. The van der Waals surface area contributed by atoms with Crippen LogP contribution in [-0.2, 0) is 6.18 Å². The number of fused-ring (bicyclic) bond motifs is 1. The number of hydrogen-bond donors (Lipinski definition) is 1. The molecule has 0 spiro atoms. The van der Waals surface area contributed by atoms with E-state index in [1.807, 2.05) is 0 Å². The molecule has 0 fully saturated rings. The van der Waals surface area contributed by atoms with Crippen LogP contribution in [0.3, 0.4) is 0 Å². The summed E-state index contributed by atoms with van der Waals surface area (Å²) in [6, 6.07) is 12.9. The van der Waals surface area contributed by atoms with E-state index < -0.39 is 29.5 Å². The summed E-state index contributed by atoms with van der Waals surface area (Å²) in [5.41, 5.74) is 1.31. The van der Waals surface area contributed by atoms with Gasteiger partial charge in [0.1, 0.15) is 11.6 Å². The summed E-state index contributed by atoms with van der Waals surface area (Å²) >= 11 is 0. The molecule has 0 bridgehead atoms. The van der Waals surface area contributed by atoms with Gasteiger partial charge >= 0.3 is 6.18 Å². The smallest absolute Gasteiger partial charge is 0.322 e. The average Bonchev–Trinajstić information content (AvgIpc) is 3.07. The van der Waals surface area contributed by atoms with Crippen LogP contribution in [0.4, 0.5) is 27.6 Å². The topological polar surface area (TPSA) is 46.9 Å². The molecule has 0 saturated carbocycles. The van der Waals surface area contributed by atoms with Crippen LogP contribution in [-0.4, -0.2) is 15.5 Å². The minimum absolute atomic E-state index is 0.185. The summed E-state index contributed by atoms with van der Waals surface area (Å²) in [5, 5.41) is 2.43. The van der Waals surface area contributed by atoms with Crippen molar-refractivity contribution >= 4 is 22.6 Å². The highest BCUT2D eigenvalue weighted by Crippen LogP contribution is 2.34. The van der Waals surface area contributed by atoms with Crippen LogP contribution in [0.5, 0.6) is 0 Å².